The van der Waals surface area contributed by atoms with Crippen molar-refractivity contribution in [2.75, 3.05) is 0 Å². The Morgan fingerprint density at radius 2 is 1.64 bits per heavy atom. The normalized spacial score (nSPS) is 11.0. The second-order valence-corrected chi connectivity index (χ2v) is 6.54. The molecule has 0 aliphatic rings. The number of rotatable bonds is 3. The Balaban J connectivity index is 1.79. The second-order valence-electron chi connectivity index (χ2n) is 5.70. The summed E-state index contributed by atoms with van der Waals surface area (Å²) in [5.74, 6) is 0. The maximum Gasteiger partial charge on any atom is 0.150 e. The third kappa shape index (κ3) is 2.93. The van der Waals surface area contributed by atoms with Crippen molar-refractivity contribution in [1.82, 2.24) is 10.2 Å². The van der Waals surface area contributed by atoms with Crippen molar-refractivity contribution in [2.45, 2.75) is 0 Å². The zero-order valence-electron chi connectivity index (χ0n) is 13.0. The standard InChI is InChI=1S/C20H12Cl2N2O/c21-15-6-8-16(18(22)10-15)20-17-7-5-14(9-19(17)23-24-20)13-3-1-12(11-25)2-4-13/h1-11H,(H,23,24). The molecule has 0 saturated heterocycles. The smallest absolute Gasteiger partial charge is 0.150 e. The molecule has 3 aromatic carbocycles. The number of carbonyl (C=O) groups is 1. The quantitative estimate of drug-likeness (QED) is 0.450. The van der Waals surface area contributed by atoms with Gasteiger partial charge >= 0.3 is 0 Å². The van der Waals surface area contributed by atoms with E-state index in [0.717, 1.165) is 39.6 Å². The fraction of sp³-hybridized carbons (Fsp3) is 0. The molecule has 0 saturated carbocycles. The summed E-state index contributed by atoms with van der Waals surface area (Å²) in [6.07, 6.45) is 0.837. The van der Waals surface area contributed by atoms with Crippen LogP contribution in [0.2, 0.25) is 10.0 Å². The number of aldehydes is 1. The van der Waals surface area contributed by atoms with E-state index in [1.807, 2.05) is 36.4 Å². The number of nitrogens with one attached hydrogen (secondary N) is 1. The molecule has 0 spiro atoms. The van der Waals surface area contributed by atoms with Crippen LogP contribution in [0.5, 0.6) is 0 Å². The molecule has 0 aliphatic carbocycles. The molecule has 0 bridgehead atoms. The molecule has 1 N–H and O–H groups in total. The summed E-state index contributed by atoms with van der Waals surface area (Å²) in [6.45, 7) is 0. The average Bonchev–Trinajstić information content (AvgIpc) is 3.05. The van der Waals surface area contributed by atoms with Crippen molar-refractivity contribution < 1.29 is 4.79 Å². The van der Waals surface area contributed by atoms with E-state index in [0.29, 0.717) is 15.6 Å². The molecule has 0 amide bonds. The van der Waals surface area contributed by atoms with Crippen LogP contribution in [0.25, 0.3) is 33.3 Å². The summed E-state index contributed by atoms with van der Waals surface area (Å²) in [5, 5.41) is 9.62. The first-order valence-corrected chi connectivity index (χ1v) is 8.40. The van der Waals surface area contributed by atoms with Crippen LogP contribution in [-0.4, -0.2) is 16.5 Å². The molecule has 0 radical (unpaired) electrons. The van der Waals surface area contributed by atoms with Crippen LogP contribution in [0.1, 0.15) is 10.4 Å². The van der Waals surface area contributed by atoms with Gasteiger partial charge < -0.3 is 0 Å². The Kier molecular flexibility index (Phi) is 4.04. The second kappa shape index (κ2) is 6.36. The first kappa shape index (κ1) is 15.9. The molecule has 3 nitrogen and oxygen atoms in total. The lowest BCUT2D eigenvalue weighted by atomic mass is 10.0. The number of fused-ring (bicyclic) bond motifs is 1. The van der Waals surface area contributed by atoms with Gasteiger partial charge in [-0.15, -0.1) is 0 Å². The van der Waals surface area contributed by atoms with Crippen molar-refractivity contribution in [3.63, 3.8) is 0 Å². The third-order valence-corrected chi connectivity index (χ3v) is 4.68. The number of aromatic nitrogens is 2. The highest BCUT2D eigenvalue weighted by Gasteiger charge is 2.12. The Hall–Kier alpha value is -2.62. The van der Waals surface area contributed by atoms with Gasteiger partial charge in [-0.2, -0.15) is 5.10 Å². The van der Waals surface area contributed by atoms with Gasteiger partial charge in [-0.3, -0.25) is 9.89 Å². The number of benzene rings is 3. The Bertz CT molecular complexity index is 1080. The van der Waals surface area contributed by atoms with Crippen LogP contribution in [-0.2, 0) is 0 Å². The lowest BCUT2D eigenvalue weighted by molar-refractivity contribution is 0.112. The van der Waals surface area contributed by atoms with Crippen LogP contribution in [0.3, 0.4) is 0 Å². The summed E-state index contributed by atoms with van der Waals surface area (Å²) >= 11 is 12.3. The van der Waals surface area contributed by atoms with E-state index in [9.17, 15) is 4.79 Å². The van der Waals surface area contributed by atoms with E-state index in [1.54, 1.807) is 24.3 Å². The van der Waals surface area contributed by atoms with Gasteiger partial charge in [0.1, 0.15) is 12.0 Å². The Morgan fingerprint density at radius 1 is 0.880 bits per heavy atom. The van der Waals surface area contributed by atoms with E-state index in [1.165, 1.54) is 0 Å². The highest BCUT2D eigenvalue weighted by molar-refractivity contribution is 6.36. The van der Waals surface area contributed by atoms with E-state index in [2.05, 4.69) is 10.2 Å². The Morgan fingerprint density at radius 3 is 2.36 bits per heavy atom. The summed E-state index contributed by atoms with van der Waals surface area (Å²) in [7, 11) is 0. The van der Waals surface area contributed by atoms with Gasteiger partial charge in [-0.25, -0.2) is 0 Å². The van der Waals surface area contributed by atoms with Crippen LogP contribution >= 0.6 is 23.2 Å². The van der Waals surface area contributed by atoms with Gasteiger partial charge in [0.15, 0.2) is 0 Å². The predicted molar refractivity (Wildman–Crippen MR) is 102 cm³/mol. The van der Waals surface area contributed by atoms with Crippen LogP contribution < -0.4 is 0 Å². The molecule has 4 rings (SSSR count). The molecule has 0 aliphatic heterocycles. The molecule has 1 aromatic heterocycles. The van der Waals surface area contributed by atoms with Gasteiger partial charge in [0.05, 0.1) is 10.5 Å². The SMILES string of the molecule is O=Cc1ccc(-c2ccc3c(-c4ccc(Cl)cc4Cl)n[nH]c3c2)cc1. The summed E-state index contributed by atoms with van der Waals surface area (Å²) < 4.78 is 0. The number of carbonyl (C=O) groups excluding carboxylic acids is 1. The molecule has 5 heteroatoms. The van der Waals surface area contributed by atoms with Gasteiger partial charge in [0.2, 0.25) is 0 Å². The van der Waals surface area contributed by atoms with Gasteiger partial charge in [0.25, 0.3) is 0 Å². The number of halogens is 2. The highest BCUT2D eigenvalue weighted by atomic mass is 35.5. The molecule has 25 heavy (non-hydrogen) atoms. The predicted octanol–water partition coefficient (Wildman–Crippen LogP) is 6.02. The van der Waals surface area contributed by atoms with Crippen LogP contribution in [0, 0.1) is 0 Å². The van der Waals surface area contributed by atoms with Crippen molar-refractivity contribution in [3.8, 4) is 22.4 Å². The zero-order chi connectivity index (χ0) is 17.4. The van der Waals surface area contributed by atoms with Crippen molar-refractivity contribution in [3.05, 3.63) is 76.3 Å². The van der Waals surface area contributed by atoms with Crippen molar-refractivity contribution in [2.24, 2.45) is 0 Å². The average molecular weight is 367 g/mol. The molecular formula is C20H12Cl2N2O. The van der Waals surface area contributed by atoms with Gasteiger partial charge in [0, 0.05) is 21.5 Å². The van der Waals surface area contributed by atoms with E-state index >= 15 is 0 Å². The minimum absolute atomic E-state index is 0.564. The maximum atomic E-state index is 10.8. The summed E-state index contributed by atoms with van der Waals surface area (Å²) in [6, 6.07) is 18.9. The monoisotopic (exact) mass is 366 g/mol. The number of hydrogen-bond acceptors (Lipinski definition) is 2. The molecule has 1 heterocycles. The Labute approximate surface area is 154 Å². The zero-order valence-corrected chi connectivity index (χ0v) is 14.5. The first-order chi connectivity index (χ1) is 12.2. The summed E-state index contributed by atoms with van der Waals surface area (Å²) in [4.78, 5) is 10.8. The van der Waals surface area contributed by atoms with E-state index < -0.39 is 0 Å². The van der Waals surface area contributed by atoms with Crippen LogP contribution in [0.15, 0.2) is 60.7 Å². The fourth-order valence-electron chi connectivity index (χ4n) is 2.84. The topological polar surface area (TPSA) is 45.8 Å². The fourth-order valence-corrected chi connectivity index (χ4v) is 3.34. The number of nitrogens with zero attached hydrogens (tertiary/aromatic N) is 1. The molecule has 0 atom stereocenters. The maximum absolute atomic E-state index is 10.8. The van der Waals surface area contributed by atoms with E-state index in [-0.39, 0.29) is 0 Å². The van der Waals surface area contributed by atoms with Crippen LogP contribution in [0.4, 0.5) is 0 Å². The molecule has 122 valence electrons. The molecule has 0 fully saturated rings. The minimum Gasteiger partial charge on any atom is -0.298 e. The van der Waals surface area contributed by atoms with Crippen molar-refractivity contribution in [1.29, 1.82) is 0 Å². The third-order valence-electron chi connectivity index (χ3n) is 4.13. The molecular weight excluding hydrogens is 355 g/mol. The molecule has 0 unspecified atom stereocenters. The largest absolute Gasteiger partial charge is 0.298 e. The van der Waals surface area contributed by atoms with Gasteiger partial charge in [-0.05, 0) is 41.5 Å². The molecule has 4 aromatic rings. The minimum atomic E-state index is 0.564. The lowest BCUT2D eigenvalue weighted by Crippen LogP contribution is -1.82. The highest BCUT2D eigenvalue weighted by Crippen LogP contribution is 2.34. The number of H-pyrrole nitrogens is 1. The lowest BCUT2D eigenvalue weighted by Gasteiger charge is -2.04. The van der Waals surface area contributed by atoms with Gasteiger partial charge in [-0.1, -0.05) is 53.5 Å². The van der Waals surface area contributed by atoms with E-state index in [4.69, 9.17) is 23.2 Å². The van der Waals surface area contributed by atoms with Crippen molar-refractivity contribution >= 4 is 40.4 Å². The number of aromatic amines is 1. The summed E-state index contributed by atoms with van der Waals surface area (Å²) in [5.41, 5.74) is 5.28. The number of hydrogen-bond donors (Lipinski definition) is 1. The first-order valence-electron chi connectivity index (χ1n) is 7.65.